The van der Waals surface area contributed by atoms with Crippen molar-refractivity contribution < 1.29 is 14.6 Å². The number of anilines is 1. The molecule has 0 saturated carbocycles. The second kappa shape index (κ2) is 6.65. The maximum Gasteiger partial charge on any atom is 0.338 e. The Morgan fingerprint density at radius 1 is 1.71 bits per heavy atom. The van der Waals surface area contributed by atoms with E-state index in [2.05, 4.69) is 16.3 Å². The quantitative estimate of drug-likeness (QED) is 0.586. The van der Waals surface area contributed by atoms with E-state index in [0.717, 1.165) is 0 Å². The van der Waals surface area contributed by atoms with Crippen molar-refractivity contribution in [2.45, 2.75) is 0 Å². The Morgan fingerprint density at radius 2 is 2.47 bits per heavy atom. The minimum atomic E-state index is -0.406. The smallest absolute Gasteiger partial charge is 0.338 e. The van der Waals surface area contributed by atoms with E-state index in [1.54, 1.807) is 18.2 Å². The van der Waals surface area contributed by atoms with Gasteiger partial charge in [-0.05, 0) is 12.1 Å². The molecule has 17 heavy (non-hydrogen) atoms. The number of methoxy groups -OCH3 is 1. The van der Waals surface area contributed by atoms with Crippen LogP contribution < -0.4 is 4.90 Å². The molecule has 0 atom stereocenters. The van der Waals surface area contributed by atoms with Gasteiger partial charge in [-0.25, -0.2) is 9.78 Å². The van der Waals surface area contributed by atoms with Gasteiger partial charge in [0.2, 0.25) is 0 Å². The number of ether oxygens (including phenoxy) is 1. The van der Waals surface area contributed by atoms with E-state index in [-0.39, 0.29) is 6.61 Å². The van der Waals surface area contributed by atoms with Gasteiger partial charge in [0, 0.05) is 19.3 Å². The number of hydrogen-bond donors (Lipinski definition) is 1. The predicted octanol–water partition coefficient (Wildman–Crippen LogP) is 0.853. The van der Waals surface area contributed by atoms with Crippen molar-refractivity contribution in [3.8, 4) is 0 Å². The molecular formula is C12H16N2O3. The van der Waals surface area contributed by atoms with E-state index in [0.29, 0.717) is 24.5 Å². The summed E-state index contributed by atoms with van der Waals surface area (Å²) in [5.41, 5.74) is 0.435. The summed E-state index contributed by atoms with van der Waals surface area (Å²) in [6, 6.07) is 3.21. The summed E-state index contributed by atoms with van der Waals surface area (Å²) in [4.78, 5) is 17.3. The fourth-order valence-corrected chi connectivity index (χ4v) is 1.41. The summed E-state index contributed by atoms with van der Waals surface area (Å²) in [6.45, 7) is 4.64. The number of rotatable bonds is 6. The van der Waals surface area contributed by atoms with E-state index in [4.69, 9.17) is 5.11 Å². The Balaban J connectivity index is 2.94. The summed E-state index contributed by atoms with van der Waals surface area (Å²) in [5, 5.41) is 8.95. The first-order chi connectivity index (χ1) is 8.22. The lowest BCUT2D eigenvalue weighted by Crippen LogP contribution is -2.27. The zero-order chi connectivity index (χ0) is 12.7. The van der Waals surface area contributed by atoms with Crippen LogP contribution in [-0.4, -0.2) is 42.9 Å². The zero-order valence-corrected chi connectivity index (χ0v) is 9.80. The highest BCUT2D eigenvalue weighted by Crippen LogP contribution is 2.13. The van der Waals surface area contributed by atoms with Gasteiger partial charge in [-0.3, -0.25) is 0 Å². The van der Waals surface area contributed by atoms with Crippen LogP contribution in [0.15, 0.2) is 31.0 Å². The molecule has 0 radical (unpaired) electrons. The highest BCUT2D eigenvalue weighted by atomic mass is 16.5. The lowest BCUT2D eigenvalue weighted by Gasteiger charge is -2.21. The molecule has 92 valence electrons. The van der Waals surface area contributed by atoms with Gasteiger partial charge in [0.1, 0.15) is 5.82 Å². The third-order valence-electron chi connectivity index (χ3n) is 2.21. The van der Waals surface area contributed by atoms with Gasteiger partial charge in [-0.2, -0.15) is 0 Å². The Hall–Kier alpha value is -1.88. The minimum Gasteiger partial charge on any atom is -0.465 e. The molecule has 5 nitrogen and oxygen atoms in total. The molecule has 1 aromatic heterocycles. The molecular weight excluding hydrogens is 220 g/mol. The zero-order valence-electron chi connectivity index (χ0n) is 9.80. The number of carbonyl (C=O) groups is 1. The van der Waals surface area contributed by atoms with Gasteiger partial charge < -0.3 is 14.7 Å². The third-order valence-corrected chi connectivity index (χ3v) is 2.21. The van der Waals surface area contributed by atoms with Crippen LogP contribution in [0, 0.1) is 0 Å². The monoisotopic (exact) mass is 236 g/mol. The summed E-state index contributed by atoms with van der Waals surface area (Å²) in [6.07, 6.45) is 3.25. The molecule has 0 aliphatic heterocycles. The van der Waals surface area contributed by atoms with Crippen molar-refractivity contribution >= 4 is 11.8 Å². The molecule has 0 aromatic carbocycles. The van der Waals surface area contributed by atoms with Gasteiger partial charge in [0.15, 0.2) is 0 Å². The van der Waals surface area contributed by atoms with E-state index in [1.165, 1.54) is 13.3 Å². The van der Waals surface area contributed by atoms with Crippen molar-refractivity contribution in [2.24, 2.45) is 0 Å². The number of esters is 1. The highest BCUT2D eigenvalue weighted by Gasteiger charge is 2.10. The number of aromatic nitrogens is 1. The van der Waals surface area contributed by atoms with Gasteiger partial charge in [-0.1, -0.05) is 6.08 Å². The Bertz CT molecular complexity index is 393. The first-order valence-electron chi connectivity index (χ1n) is 5.24. The standard InChI is InChI=1S/C12H16N2O3/c1-3-6-14(7-8-15)11-9-10(4-5-13-11)12(16)17-2/h3-5,9,15H,1,6-8H2,2H3. The van der Waals surface area contributed by atoms with Crippen molar-refractivity contribution in [2.75, 3.05) is 31.7 Å². The Kier molecular flexibility index (Phi) is 5.16. The number of pyridine rings is 1. The van der Waals surface area contributed by atoms with Crippen molar-refractivity contribution in [3.05, 3.63) is 36.5 Å². The summed E-state index contributed by atoms with van der Waals surface area (Å²) in [5.74, 6) is 0.207. The number of aliphatic hydroxyl groups is 1. The molecule has 1 rings (SSSR count). The van der Waals surface area contributed by atoms with Crippen LogP contribution in [0.5, 0.6) is 0 Å². The number of nitrogens with zero attached hydrogens (tertiary/aromatic N) is 2. The number of carbonyl (C=O) groups excluding carboxylic acids is 1. The molecule has 0 bridgehead atoms. The van der Waals surface area contributed by atoms with Crippen LogP contribution in [0.25, 0.3) is 0 Å². The van der Waals surface area contributed by atoms with Crippen LogP contribution in [0.3, 0.4) is 0 Å². The van der Waals surface area contributed by atoms with Gasteiger partial charge in [0.25, 0.3) is 0 Å². The van der Waals surface area contributed by atoms with Crippen molar-refractivity contribution in [3.63, 3.8) is 0 Å². The molecule has 5 heteroatoms. The van der Waals surface area contributed by atoms with E-state index in [1.807, 2.05) is 4.90 Å². The molecule has 1 heterocycles. The van der Waals surface area contributed by atoms with Crippen LogP contribution in [0.4, 0.5) is 5.82 Å². The Labute approximate surface area is 100 Å². The molecule has 0 spiro atoms. The molecule has 0 fully saturated rings. The molecule has 0 unspecified atom stereocenters. The lowest BCUT2D eigenvalue weighted by atomic mass is 10.2. The summed E-state index contributed by atoms with van der Waals surface area (Å²) < 4.78 is 4.64. The average molecular weight is 236 g/mol. The molecule has 1 aromatic rings. The fourth-order valence-electron chi connectivity index (χ4n) is 1.41. The van der Waals surface area contributed by atoms with Gasteiger partial charge >= 0.3 is 5.97 Å². The minimum absolute atomic E-state index is 0.0119. The van der Waals surface area contributed by atoms with E-state index < -0.39 is 5.97 Å². The Morgan fingerprint density at radius 3 is 3.06 bits per heavy atom. The SMILES string of the molecule is C=CCN(CCO)c1cc(C(=O)OC)ccn1. The molecule has 0 saturated heterocycles. The van der Waals surface area contributed by atoms with Crippen LogP contribution >= 0.6 is 0 Å². The molecule has 0 amide bonds. The van der Waals surface area contributed by atoms with Gasteiger partial charge in [-0.15, -0.1) is 6.58 Å². The largest absolute Gasteiger partial charge is 0.465 e. The molecule has 0 aliphatic rings. The first kappa shape index (κ1) is 13.2. The second-order valence-corrected chi connectivity index (χ2v) is 3.35. The first-order valence-corrected chi connectivity index (χ1v) is 5.24. The van der Waals surface area contributed by atoms with Crippen molar-refractivity contribution in [1.82, 2.24) is 4.98 Å². The van der Waals surface area contributed by atoms with E-state index in [9.17, 15) is 4.79 Å². The van der Waals surface area contributed by atoms with Crippen LogP contribution in [0.1, 0.15) is 10.4 Å². The summed E-state index contributed by atoms with van der Waals surface area (Å²) >= 11 is 0. The lowest BCUT2D eigenvalue weighted by molar-refractivity contribution is 0.0600. The fraction of sp³-hybridized carbons (Fsp3) is 0.333. The maximum atomic E-state index is 11.4. The van der Waals surface area contributed by atoms with E-state index >= 15 is 0 Å². The molecule has 1 N–H and O–H groups in total. The second-order valence-electron chi connectivity index (χ2n) is 3.35. The van der Waals surface area contributed by atoms with Gasteiger partial charge in [0.05, 0.1) is 19.3 Å². The number of aliphatic hydroxyl groups excluding tert-OH is 1. The predicted molar refractivity (Wildman–Crippen MR) is 65.1 cm³/mol. The van der Waals surface area contributed by atoms with Crippen LogP contribution in [-0.2, 0) is 4.74 Å². The maximum absolute atomic E-state index is 11.4. The number of hydrogen-bond acceptors (Lipinski definition) is 5. The average Bonchev–Trinajstić information content (AvgIpc) is 2.37. The van der Waals surface area contributed by atoms with Crippen molar-refractivity contribution in [1.29, 1.82) is 0 Å². The normalized spacial score (nSPS) is 9.76. The highest BCUT2D eigenvalue weighted by molar-refractivity contribution is 5.90. The summed E-state index contributed by atoms with van der Waals surface area (Å²) in [7, 11) is 1.33. The van der Waals surface area contributed by atoms with Crippen LogP contribution in [0.2, 0.25) is 0 Å². The topological polar surface area (TPSA) is 62.7 Å². The molecule has 0 aliphatic carbocycles. The third kappa shape index (κ3) is 3.57.